The molecular weight excluding hydrogens is 342 g/mol. The van der Waals surface area contributed by atoms with Crippen LogP contribution in [0.5, 0.6) is 0 Å². The molecule has 0 heterocycles. The highest BCUT2D eigenvalue weighted by Crippen LogP contribution is 2.08. The normalized spacial score (nSPS) is 10.7. The molecule has 0 saturated carbocycles. The molecule has 0 spiro atoms. The van der Waals surface area contributed by atoms with Crippen LogP contribution in [0.15, 0.2) is 0 Å². The minimum atomic E-state index is -0.113. The Balaban J connectivity index is 3.27. The van der Waals surface area contributed by atoms with Crippen molar-refractivity contribution in [3.8, 4) is 0 Å². The Morgan fingerprint density at radius 2 is 0.963 bits per heavy atom. The van der Waals surface area contributed by atoms with Gasteiger partial charge in [0.2, 0.25) is 0 Å². The Labute approximate surface area is 167 Å². The van der Waals surface area contributed by atoms with Gasteiger partial charge in [-0.25, -0.2) is 0 Å². The van der Waals surface area contributed by atoms with Gasteiger partial charge < -0.3 is 14.8 Å². The number of carbonyl (C=O) groups is 2. The van der Waals surface area contributed by atoms with Gasteiger partial charge in [0.1, 0.15) is 13.2 Å². The molecule has 27 heavy (non-hydrogen) atoms. The molecule has 5 heteroatoms. The first-order chi connectivity index (χ1) is 13.2. The van der Waals surface area contributed by atoms with E-state index < -0.39 is 0 Å². The molecule has 0 aliphatic carbocycles. The Morgan fingerprint density at radius 3 is 1.37 bits per heavy atom. The average Bonchev–Trinajstić information content (AvgIpc) is 2.66. The molecule has 0 aromatic carbocycles. The summed E-state index contributed by atoms with van der Waals surface area (Å²) in [4.78, 5) is 23.1. The molecule has 0 aliphatic rings. The van der Waals surface area contributed by atoms with Crippen LogP contribution >= 0.6 is 0 Å². The van der Waals surface area contributed by atoms with Gasteiger partial charge in [0.05, 0.1) is 0 Å². The molecule has 0 bridgehead atoms. The van der Waals surface area contributed by atoms with E-state index in [1.165, 1.54) is 51.4 Å². The summed E-state index contributed by atoms with van der Waals surface area (Å²) in [6.07, 6.45) is 15.1. The molecule has 0 atom stereocenters. The Kier molecular flexibility index (Phi) is 20.3. The lowest BCUT2D eigenvalue weighted by atomic mass is 10.1. The van der Waals surface area contributed by atoms with E-state index in [2.05, 4.69) is 19.2 Å². The van der Waals surface area contributed by atoms with Crippen molar-refractivity contribution in [2.45, 2.75) is 104 Å². The number of carbonyl (C=O) groups excluding carboxylic acids is 2. The van der Waals surface area contributed by atoms with Crippen LogP contribution in [0, 0.1) is 0 Å². The number of esters is 2. The fourth-order valence-corrected chi connectivity index (χ4v) is 2.84. The van der Waals surface area contributed by atoms with Crippen LogP contribution < -0.4 is 5.32 Å². The molecule has 0 rings (SSSR count). The van der Waals surface area contributed by atoms with E-state index in [-0.39, 0.29) is 11.9 Å². The quantitative estimate of drug-likeness (QED) is 0.231. The van der Waals surface area contributed by atoms with Crippen LogP contribution in [0.4, 0.5) is 0 Å². The minimum Gasteiger partial charge on any atom is -0.464 e. The summed E-state index contributed by atoms with van der Waals surface area (Å²) in [6, 6.07) is 0. The number of ether oxygens (including phenoxy) is 2. The second kappa shape index (κ2) is 21.2. The molecule has 0 fully saturated rings. The van der Waals surface area contributed by atoms with Crippen molar-refractivity contribution < 1.29 is 19.1 Å². The van der Waals surface area contributed by atoms with Crippen LogP contribution in [0.25, 0.3) is 0 Å². The zero-order chi connectivity index (χ0) is 20.0. The number of hydrogen-bond acceptors (Lipinski definition) is 5. The standard InChI is InChI=1S/C22H43NO4/c1-3-5-7-9-11-13-15-21(24)26-19-17-23-18-20-27-22(25)16-14-12-10-8-6-4-2/h23H,3-20H2,1-2H3. The summed E-state index contributed by atoms with van der Waals surface area (Å²) >= 11 is 0. The number of hydrogen-bond donors (Lipinski definition) is 1. The predicted molar refractivity (Wildman–Crippen MR) is 111 cm³/mol. The molecule has 0 amide bonds. The monoisotopic (exact) mass is 385 g/mol. The second-order valence-electron chi connectivity index (χ2n) is 7.23. The van der Waals surface area contributed by atoms with Crippen molar-refractivity contribution in [3.63, 3.8) is 0 Å². The van der Waals surface area contributed by atoms with Crippen molar-refractivity contribution in [2.24, 2.45) is 0 Å². The molecule has 0 radical (unpaired) electrons. The van der Waals surface area contributed by atoms with E-state index in [4.69, 9.17) is 9.47 Å². The summed E-state index contributed by atoms with van der Waals surface area (Å²) in [5.74, 6) is -0.227. The van der Waals surface area contributed by atoms with Crippen molar-refractivity contribution in [1.82, 2.24) is 5.32 Å². The summed E-state index contributed by atoms with van der Waals surface area (Å²) < 4.78 is 10.4. The lowest BCUT2D eigenvalue weighted by Crippen LogP contribution is -2.26. The molecule has 1 N–H and O–H groups in total. The van der Waals surface area contributed by atoms with Crippen molar-refractivity contribution in [2.75, 3.05) is 26.3 Å². The van der Waals surface area contributed by atoms with E-state index in [9.17, 15) is 9.59 Å². The van der Waals surface area contributed by atoms with Gasteiger partial charge in [0.25, 0.3) is 0 Å². The third-order valence-corrected chi connectivity index (χ3v) is 4.55. The summed E-state index contributed by atoms with van der Waals surface area (Å²) in [5, 5.41) is 3.12. The molecule has 5 nitrogen and oxygen atoms in total. The molecule has 160 valence electrons. The van der Waals surface area contributed by atoms with Gasteiger partial charge in [0, 0.05) is 25.9 Å². The molecule has 0 aromatic rings. The maximum absolute atomic E-state index is 11.6. The fraction of sp³-hybridized carbons (Fsp3) is 0.909. The third-order valence-electron chi connectivity index (χ3n) is 4.55. The van der Waals surface area contributed by atoms with Gasteiger partial charge >= 0.3 is 11.9 Å². The van der Waals surface area contributed by atoms with E-state index in [0.717, 1.165) is 25.7 Å². The maximum atomic E-state index is 11.6. The molecule has 0 aromatic heterocycles. The first-order valence-electron chi connectivity index (χ1n) is 11.2. The number of rotatable bonds is 20. The summed E-state index contributed by atoms with van der Waals surface area (Å²) in [6.45, 7) is 6.34. The van der Waals surface area contributed by atoms with E-state index in [1.807, 2.05) is 0 Å². The van der Waals surface area contributed by atoms with Gasteiger partial charge in [-0.05, 0) is 12.8 Å². The topological polar surface area (TPSA) is 64.6 Å². The van der Waals surface area contributed by atoms with Crippen molar-refractivity contribution in [1.29, 1.82) is 0 Å². The van der Waals surface area contributed by atoms with Crippen molar-refractivity contribution >= 4 is 11.9 Å². The van der Waals surface area contributed by atoms with Gasteiger partial charge in [0.15, 0.2) is 0 Å². The lowest BCUT2D eigenvalue weighted by molar-refractivity contribution is -0.143. The largest absolute Gasteiger partial charge is 0.464 e. The average molecular weight is 386 g/mol. The van der Waals surface area contributed by atoms with Gasteiger partial charge in [-0.2, -0.15) is 0 Å². The number of unbranched alkanes of at least 4 members (excludes halogenated alkanes) is 10. The van der Waals surface area contributed by atoms with E-state index >= 15 is 0 Å². The van der Waals surface area contributed by atoms with Crippen LogP contribution in [0.1, 0.15) is 104 Å². The van der Waals surface area contributed by atoms with Gasteiger partial charge in [-0.15, -0.1) is 0 Å². The minimum absolute atomic E-state index is 0.113. The summed E-state index contributed by atoms with van der Waals surface area (Å²) in [5.41, 5.74) is 0. The highest BCUT2D eigenvalue weighted by Gasteiger charge is 2.04. The zero-order valence-electron chi connectivity index (χ0n) is 17.9. The van der Waals surface area contributed by atoms with E-state index in [1.54, 1.807) is 0 Å². The highest BCUT2D eigenvalue weighted by atomic mass is 16.5. The zero-order valence-corrected chi connectivity index (χ0v) is 17.9. The first kappa shape index (κ1) is 25.9. The second-order valence-corrected chi connectivity index (χ2v) is 7.23. The first-order valence-corrected chi connectivity index (χ1v) is 11.2. The fourth-order valence-electron chi connectivity index (χ4n) is 2.84. The lowest BCUT2D eigenvalue weighted by Gasteiger charge is -2.08. The van der Waals surface area contributed by atoms with Crippen molar-refractivity contribution in [3.05, 3.63) is 0 Å². The van der Waals surface area contributed by atoms with Crippen LogP contribution in [0.3, 0.4) is 0 Å². The molecular formula is C22H43NO4. The maximum Gasteiger partial charge on any atom is 0.305 e. The van der Waals surface area contributed by atoms with Crippen LogP contribution in [-0.2, 0) is 19.1 Å². The smallest absolute Gasteiger partial charge is 0.305 e. The van der Waals surface area contributed by atoms with Crippen LogP contribution in [0.2, 0.25) is 0 Å². The van der Waals surface area contributed by atoms with Crippen LogP contribution in [-0.4, -0.2) is 38.2 Å². The Bertz CT molecular complexity index is 315. The highest BCUT2D eigenvalue weighted by molar-refractivity contribution is 5.69. The third kappa shape index (κ3) is 21.1. The SMILES string of the molecule is CCCCCCCCC(=O)OCCNCCOC(=O)CCCCCCCC. The Morgan fingerprint density at radius 1 is 0.593 bits per heavy atom. The molecule has 0 unspecified atom stereocenters. The molecule has 0 saturated heterocycles. The number of nitrogens with one attached hydrogen (secondary N) is 1. The Hall–Kier alpha value is -1.10. The van der Waals surface area contributed by atoms with Gasteiger partial charge in [-0.3, -0.25) is 9.59 Å². The van der Waals surface area contributed by atoms with E-state index in [0.29, 0.717) is 39.1 Å². The predicted octanol–water partition coefficient (Wildman–Crippen LogP) is 5.16. The van der Waals surface area contributed by atoms with Gasteiger partial charge in [-0.1, -0.05) is 78.1 Å². The molecule has 0 aliphatic heterocycles. The summed E-state index contributed by atoms with van der Waals surface area (Å²) in [7, 11) is 0.